The number of amides is 1. The highest BCUT2D eigenvalue weighted by molar-refractivity contribution is 6.43. The summed E-state index contributed by atoms with van der Waals surface area (Å²) < 4.78 is 25.7. The van der Waals surface area contributed by atoms with Crippen molar-refractivity contribution in [3.63, 3.8) is 0 Å². The number of aromatic nitrogens is 3. The second-order valence-corrected chi connectivity index (χ2v) is 16.9. The highest BCUT2D eigenvalue weighted by atomic mass is 35.5. The molecule has 282 valence electrons. The zero-order valence-electron chi connectivity index (χ0n) is 31.4. The average molecular weight is 772 g/mol. The zero-order chi connectivity index (χ0) is 38.7. The van der Waals surface area contributed by atoms with E-state index in [1.807, 2.05) is 32.9 Å². The number of carbonyl (C=O) groups is 1. The van der Waals surface area contributed by atoms with Gasteiger partial charge in [0.05, 0.1) is 39.1 Å². The molecule has 0 aliphatic carbocycles. The molecule has 9 nitrogen and oxygen atoms in total. The number of halogens is 3. The molecule has 3 aromatic heterocycles. The SMILES string of the molecule is C[C@@H]1CN(C(=O)OC(C)(C)C)C[C@H]1n1c([C@H]2CCCN2)cc2c(-c3ccc(C(C)(C)O)nc3)nc3c(F)c(-c4cccc(Cl)c4Cl)c(CCC#N)cc3c21. The summed E-state index contributed by atoms with van der Waals surface area (Å²) in [7, 11) is 0. The Morgan fingerprint density at radius 2 is 1.91 bits per heavy atom. The fraction of sp³-hybridized carbons (Fsp3) is 0.429. The van der Waals surface area contributed by atoms with Crippen LogP contribution in [0.15, 0.2) is 48.7 Å². The maximum absolute atomic E-state index is 17.6. The molecule has 2 fully saturated rings. The number of fused-ring (bicyclic) bond motifs is 3. The van der Waals surface area contributed by atoms with Crippen molar-refractivity contribution in [1.82, 2.24) is 24.8 Å². The Kier molecular flexibility index (Phi) is 10.2. The molecule has 54 heavy (non-hydrogen) atoms. The summed E-state index contributed by atoms with van der Waals surface area (Å²) in [6.07, 6.45) is 3.65. The topological polar surface area (TPSA) is 116 Å². The number of hydrogen-bond donors (Lipinski definition) is 2. The Morgan fingerprint density at radius 1 is 1.13 bits per heavy atom. The van der Waals surface area contributed by atoms with Gasteiger partial charge in [-0.3, -0.25) is 4.98 Å². The molecule has 0 spiro atoms. The van der Waals surface area contributed by atoms with Gasteiger partial charge >= 0.3 is 6.09 Å². The van der Waals surface area contributed by atoms with Crippen molar-refractivity contribution in [2.75, 3.05) is 19.6 Å². The fourth-order valence-corrected chi connectivity index (χ4v) is 8.37. The predicted molar refractivity (Wildman–Crippen MR) is 211 cm³/mol. The maximum atomic E-state index is 17.6. The van der Waals surface area contributed by atoms with Crippen molar-refractivity contribution in [1.29, 1.82) is 5.26 Å². The van der Waals surface area contributed by atoms with Crippen molar-refractivity contribution in [2.45, 2.75) is 90.5 Å². The number of benzene rings is 2. The third-order valence-corrected chi connectivity index (χ3v) is 11.3. The first kappa shape index (κ1) is 38.0. The standard InChI is InChI=1S/C42H45Cl2FN6O3/c1-23-21-50(40(52)54-41(2,3)4)22-32(23)51-31(30-13-9-17-47-30)19-28-37(25-14-15-33(48-20-25)42(5,6)53)49-38-27(39(28)51)18-24(10-8-16-46)34(36(38)45)26-11-7-12-29(43)35(26)44/h7,11-12,14-15,18-20,23,30,32,47,53H,8-10,13,17,21-22H2,1-6H3/t23-,30-,32-/m1/s1. The van der Waals surface area contributed by atoms with Gasteiger partial charge in [0, 0.05) is 64.9 Å². The molecule has 0 radical (unpaired) electrons. The van der Waals surface area contributed by atoms with E-state index >= 15 is 4.39 Å². The summed E-state index contributed by atoms with van der Waals surface area (Å²) in [4.78, 5) is 24.9. The van der Waals surface area contributed by atoms with Crippen LogP contribution in [0.5, 0.6) is 0 Å². The first-order valence-electron chi connectivity index (χ1n) is 18.5. The van der Waals surface area contributed by atoms with E-state index in [0.29, 0.717) is 46.6 Å². The minimum Gasteiger partial charge on any atom is -0.444 e. The van der Waals surface area contributed by atoms with Gasteiger partial charge in [-0.2, -0.15) is 5.26 Å². The summed E-state index contributed by atoms with van der Waals surface area (Å²) >= 11 is 13.2. The highest BCUT2D eigenvalue weighted by Gasteiger charge is 2.39. The lowest BCUT2D eigenvalue weighted by Gasteiger charge is -2.26. The molecule has 5 aromatic rings. The van der Waals surface area contributed by atoms with Crippen LogP contribution in [-0.4, -0.2) is 55.9 Å². The molecule has 3 atom stereocenters. The van der Waals surface area contributed by atoms with Gasteiger partial charge < -0.3 is 24.6 Å². The zero-order valence-corrected chi connectivity index (χ0v) is 32.9. The molecule has 5 heterocycles. The third-order valence-electron chi connectivity index (χ3n) is 10.5. The van der Waals surface area contributed by atoms with E-state index in [-0.39, 0.29) is 58.1 Å². The number of carbonyl (C=O) groups excluding carboxylic acids is 1. The predicted octanol–water partition coefficient (Wildman–Crippen LogP) is 9.90. The van der Waals surface area contributed by atoms with Crippen LogP contribution in [-0.2, 0) is 16.8 Å². The summed E-state index contributed by atoms with van der Waals surface area (Å²) in [5.41, 5.74) is 3.10. The van der Waals surface area contributed by atoms with E-state index in [2.05, 4.69) is 33.9 Å². The molecule has 1 amide bonds. The quantitative estimate of drug-likeness (QED) is 0.169. The molecule has 7 rings (SSSR count). The monoisotopic (exact) mass is 770 g/mol. The van der Waals surface area contributed by atoms with Crippen molar-refractivity contribution in [2.24, 2.45) is 5.92 Å². The summed E-state index contributed by atoms with van der Waals surface area (Å²) in [5, 5.41) is 25.9. The minimum absolute atomic E-state index is 0.0196. The van der Waals surface area contributed by atoms with Crippen molar-refractivity contribution in [3.05, 3.63) is 81.5 Å². The van der Waals surface area contributed by atoms with E-state index in [0.717, 1.165) is 36.0 Å². The minimum atomic E-state index is -1.16. The van der Waals surface area contributed by atoms with E-state index in [4.69, 9.17) is 32.9 Å². The first-order valence-corrected chi connectivity index (χ1v) is 19.2. The van der Waals surface area contributed by atoms with Crippen LogP contribution in [0.4, 0.5) is 9.18 Å². The van der Waals surface area contributed by atoms with Gasteiger partial charge in [-0.15, -0.1) is 0 Å². The van der Waals surface area contributed by atoms with E-state index in [9.17, 15) is 15.2 Å². The molecule has 0 saturated carbocycles. The lowest BCUT2D eigenvalue weighted by molar-refractivity contribution is 0.0285. The largest absolute Gasteiger partial charge is 0.444 e. The summed E-state index contributed by atoms with van der Waals surface area (Å²) in [6, 6.07) is 14.9. The first-order chi connectivity index (χ1) is 25.6. The second-order valence-electron chi connectivity index (χ2n) is 16.1. The number of nitrogens with zero attached hydrogens (tertiary/aromatic N) is 5. The molecule has 2 saturated heterocycles. The number of aryl methyl sites for hydroxylation is 1. The van der Waals surface area contributed by atoms with Crippen LogP contribution >= 0.6 is 23.2 Å². The Morgan fingerprint density at radius 3 is 2.56 bits per heavy atom. The lowest BCUT2D eigenvalue weighted by Crippen LogP contribution is -2.35. The maximum Gasteiger partial charge on any atom is 0.410 e. The lowest BCUT2D eigenvalue weighted by atomic mass is 9.92. The molecule has 2 N–H and O–H groups in total. The molecule has 12 heteroatoms. The van der Waals surface area contributed by atoms with E-state index < -0.39 is 17.0 Å². The van der Waals surface area contributed by atoms with Crippen LogP contribution in [0.25, 0.3) is 44.2 Å². The van der Waals surface area contributed by atoms with E-state index in [1.54, 1.807) is 49.2 Å². The molecule has 0 unspecified atom stereocenters. The third kappa shape index (κ3) is 7.03. The summed E-state index contributed by atoms with van der Waals surface area (Å²) in [5.74, 6) is -0.544. The van der Waals surface area contributed by atoms with Gasteiger partial charge in [0.25, 0.3) is 0 Å². The number of aliphatic hydroxyl groups is 1. The second kappa shape index (κ2) is 14.4. The van der Waals surface area contributed by atoms with Gasteiger partial charge in [-0.05, 0) is 102 Å². The van der Waals surface area contributed by atoms with Crippen LogP contribution < -0.4 is 5.32 Å². The van der Waals surface area contributed by atoms with Crippen LogP contribution in [0.2, 0.25) is 10.0 Å². The van der Waals surface area contributed by atoms with Crippen LogP contribution in [0.1, 0.15) is 89.8 Å². The Hall–Kier alpha value is -4.27. The number of ether oxygens (including phenoxy) is 1. The smallest absolute Gasteiger partial charge is 0.410 e. The number of hydrogen-bond acceptors (Lipinski definition) is 7. The number of nitriles is 1. The van der Waals surface area contributed by atoms with Crippen molar-refractivity contribution in [3.8, 4) is 28.5 Å². The Balaban J connectivity index is 1.57. The van der Waals surface area contributed by atoms with Crippen LogP contribution in [0.3, 0.4) is 0 Å². The van der Waals surface area contributed by atoms with Gasteiger partial charge in [0.15, 0.2) is 5.82 Å². The average Bonchev–Trinajstić information content (AvgIpc) is 3.87. The number of nitrogens with one attached hydrogen (secondary N) is 1. The molecule has 2 aliphatic rings. The molecule has 0 bridgehead atoms. The van der Waals surface area contributed by atoms with Crippen LogP contribution in [0, 0.1) is 23.1 Å². The highest BCUT2D eigenvalue weighted by Crippen LogP contribution is 2.46. The van der Waals surface area contributed by atoms with Gasteiger partial charge in [-0.1, -0.05) is 42.3 Å². The summed E-state index contributed by atoms with van der Waals surface area (Å²) in [6.45, 7) is 12.8. The van der Waals surface area contributed by atoms with E-state index in [1.165, 1.54) is 0 Å². The Bertz CT molecular complexity index is 2300. The van der Waals surface area contributed by atoms with Crippen molar-refractivity contribution < 1.29 is 19.0 Å². The molecular weight excluding hydrogens is 726 g/mol. The molecular formula is C42H45Cl2FN6O3. The van der Waals surface area contributed by atoms with Crippen molar-refractivity contribution >= 4 is 51.1 Å². The number of rotatable bonds is 7. The number of pyridine rings is 2. The number of likely N-dealkylation sites (tertiary alicyclic amines) is 1. The molecule has 2 aliphatic heterocycles. The Labute approximate surface area is 325 Å². The molecule has 2 aromatic carbocycles. The van der Waals surface area contributed by atoms with Gasteiger partial charge in [0.2, 0.25) is 0 Å². The fourth-order valence-electron chi connectivity index (χ4n) is 7.97. The van der Waals surface area contributed by atoms with Gasteiger partial charge in [0.1, 0.15) is 16.7 Å². The normalized spacial score (nSPS) is 19.2. The van der Waals surface area contributed by atoms with Gasteiger partial charge in [-0.25, -0.2) is 14.2 Å².